The standard InChI is InChI=1S/C22H31N3O4S/c1-16(2)23-30(27,28)21-15-17(11-12-20(21)29-4)22(26)25-14-7-5-6-9-19(25)18-10-8-13-24(18)3/h8,10-13,15-16,19,23H,5-7,9,14H2,1-4H3/t19-/m0/s1. The molecule has 1 aromatic carbocycles. The number of carbonyl (C=O) groups excluding carboxylic acids is 1. The maximum Gasteiger partial charge on any atom is 0.254 e. The topological polar surface area (TPSA) is 80.6 Å². The summed E-state index contributed by atoms with van der Waals surface area (Å²) in [6.45, 7) is 4.15. The monoisotopic (exact) mass is 433 g/mol. The molecule has 0 unspecified atom stereocenters. The predicted octanol–water partition coefficient (Wildman–Crippen LogP) is 3.48. The van der Waals surface area contributed by atoms with E-state index < -0.39 is 10.0 Å². The molecule has 164 valence electrons. The smallest absolute Gasteiger partial charge is 0.254 e. The van der Waals surface area contributed by atoms with E-state index in [4.69, 9.17) is 4.74 Å². The van der Waals surface area contributed by atoms with Gasteiger partial charge in [0, 0.05) is 37.1 Å². The van der Waals surface area contributed by atoms with Gasteiger partial charge in [-0.2, -0.15) is 0 Å². The maximum absolute atomic E-state index is 13.5. The van der Waals surface area contributed by atoms with Crippen LogP contribution in [0.5, 0.6) is 5.75 Å². The summed E-state index contributed by atoms with van der Waals surface area (Å²) in [6, 6.07) is 8.35. The largest absolute Gasteiger partial charge is 0.495 e. The number of rotatable bonds is 6. The average molecular weight is 434 g/mol. The van der Waals surface area contributed by atoms with Gasteiger partial charge in [-0.1, -0.05) is 12.8 Å². The van der Waals surface area contributed by atoms with Gasteiger partial charge in [-0.25, -0.2) is 13.1 Å². The number of ether oxygens (including phenoxy) is 1. The summed E-state index contributed by atoms with van der Waals surface area (Å²) in [4.78, 5) is 15.4. The summed E-state index contributed by atoms with van der Waals surface area (Å²) in [5.74, 6) is 0.0568. The van der Waals surface area contributed by atoms with Crippen LogP contribution in [0.15, 0.2) is 41.4 Å². The Balaban J connectivity index is 2.00. The van der Waals surface area contributed by atoms with Crippen molar-refractivity contribution in [3.8, 4) is 5.75 Å². The number of methoxy groups -OCH3 is 1. The van der Waals surface area contributed by atoms with Crippen molar-refractivity contribution in [1.82, 2.24) is 14.2 Å². The molecule has 1 atom stereocenters. The number of sulfonamides is 1. The normalized spacial score (nSPS) is 17.8. The van der Waals surface area contributed by atoms with Crippen LogP contribution in [0.1, 0.15) is 61.6 Å². The lowest BCUT2D eigenvalue weighted by Crippen LogP contribution is -2.36. The van der Waals surface area contributed by atoms with E-state index in [0.717, 1.165) is 31.4 Å². The van der Waals surface area contributed by atoms with E-state index in [1.54, 1.807) is 26.0 Å². The second-order valence-electron chi connectivity index (χ2n) is 8.05. The van der Waals surface area contributed by atoms with Crippen LogP contribution in [0.3, 0.4) is 0 Å². The van der Waals surface area contributed by atoms with Crippen LogP contribution >= 0.6 is 0 Å². The Kier molecular flexibility index (Phi) is 6.88. The third kappa shape index (κ3) is 4.70. The molecule has 1 aliphatic heterocycles. The highest BCUT2D eigenvalue weighted by Gasteiger charge is 2.30. The minimum atomic E-state index is -3.81. The number of likely N-dealkylation sites (tertiary alicyclic amines) is 1. The molecule has 0 aliphatic carbocycles. The number of carbonyl (C=O) groups is 1. The Labute approximate surface area is 179 Å². The average Bonchev–Trinajstić information content (AvgIpc) is 2.97. The van der Waals surface area contributed by atoms with Crippen molar-refractivity contribution in [2.24, 2.45) is 7.05 Å². The van der Waals surface area contributed by atoms with Crippen LogP contribution in [-0.4, -0.2) is 43.5 Å². The first-order chi connectivity index (χ1) is 14.2. The quantitative estimate of drug-likeness (QED) is 0.756. The van der Waals surface area contributed by atoms with Crippen molar-refractivity contribution in [2.75, 3.05) is 13.7 Å². The molecule has 0 spiro atoms. The number of aryl methyl sites for hydroxylation is 1. The van der Waals surface area contributed by atoms with E-state index in [2.05, 4.69) is 4.72 Å². The fourth-order valence-electron chi connectivity index (χ4n) is 4.04. The van der Waals surface area contributed by atoms with Gasteiger partial charge in [-0.15, -0.1) is 0 Å². The fraction of sp³-hybridized carbons (Fsp3) is 0.500. The van der Waals surface area contributed by atoms with Gasteiger partial charge in [0.05, 0.1) is 13.2 Å². The summed E-state index contributed by atoms with van der Waals surface area (Å²) in [7, 11) is -0.403. The molecule has 1 aromatic heterocycles. The van der Waals surface area contributed by atoms with Crippen LogP contribution in [-0.2, 0) is 17.1 Å². The zero-order chi connectivity index (χ0) is 21.9. The molecule has 1 aliphatic rings. The second kappa shape index (κ2) is 9.22. The highest BCUT2D eigenvalue weighted by atomic mass is 32.2. The Morgan fingerprint density at radius 2 is 1.97 bits per heavy atom. The summed E-state index contributed by atoms with van der Waals surface area (Å²) in [5.41, 5.74) is 1.44. The van der Waals surface area contributed by atoms with Gasteiger partial charge in [0.15, 0.2) is 0 Å². The number of hydrogen-bond acceptors (Lipinski definition) is 4. The summed E-state index contributed by atoms with van der Waals surface area (Å²) < 4.78 is 35.5. The van der Waals surface area contributed by atoms with E-state index in [1.165, 1.54) is 13.2 Å². The lowest BCUT2D eigenvalue weighted by Gasteiger charge is -2.31. The third-order valence-corrected chi connectivity index (χ3v) is 7.11. The van der Waals surface area contributed by atoms with Gasteiger partial charge < -0.3 is 14.2 Å². The first kappa shape index (κ1) is 22.4. The number of nitrogens with zero attached hydrogens (tertiary/aromatic N) is 2. The van der Waals surface area contributed by atoms with Crippen LogP contribution in [0.25, 0.3) is 0 Å². The molecule has 8 heteroatoms. The molecular formula is C22H31N3O4S. The lowest BCUT2D eigenvalue weighted by atomic mass is 10.1. The van der Waals surface area contributed by atoms with Crippen LogP contribution in [0, 0.1) is 0 Å². The molecule has 3 rings (SSSR count). The van der Waals surface area contributed by atoms with Gasteiger partial charge in [0.2, 0.25) is 10.0 Å². The van der Waals surface area contributed by atoms with Crippen molar-refractivity contribution in [3.05, 3.63) is 47.8 Å². The van der Waals surface area contributed by atoms with Crippen molar-refractivity contribution < 1.29 is 17.9 Å². The molecule has 1 amide bonds. The Hall–Kier alpha value is -2.32. The minimum Gasteiger partial charge on any atom is -0.495 e. The van der Waals surface area contributed by atoms with Crippen molar-refractivity contribution in [2.45, 2.75) is 56.5 Å². The predicted molar refractivity (Wildman–Crippen MR) is 116 cm³/mol. The number of aromatic nitrogens is 1. The molecule has 30 heavy (non-hydrogen) atoms. The first-order valence-electron chi connectivity index (χ1n) is 10.4. The van der Waals surface area contributed by atoms with Crippen LogP contribution in [0.4, 0.5) is 0 Å². The van der Waals surface area contributed by atoms with Crippen LogP contribution < -0.4 is 9.46 Å². The zero-order valence-corrected chi connectivity index (χ0v) is 18.9. The third-order valence-electron chi connectivity index (χ3n) is 5.43. The maximum atomic E-state index is 13.5. The molecular weight excluding hydrogens is 402 g/mol. The number of benzene rings is 1. The summed E-state index contributed by atoms with van der Waals surface area (Å²) in [6.07, 6.45) is 5.94. The Morgan fingerprint density at radius 3 is 2.60 bits per heavy atom. The molecule has 0 bridgehead atoms. The molecule has 2 aromatic rings. The number of nitrogens with one attached hydrogen (secondary N) is 1. The lowest BCUT2D eigenvalue weighted by molar-refractivity contribution is 0.0674. The molecule has 7 nitrogen and oxygen atoms in total. The Morgan fingerprint density at radius 1 is 1.20 bits per heavy atom. The Bertz CT molecular complexity index is 998. The van der Waals surface area contributed by atoms with E-state index in [9.17, 15) is 13.2 Å². The van der Waals surface area contributed by atoms with Gasteiger partial charge in [-0.05, 0) is 57.0 Å². The summed E-state index contributed by atoms with van der Waals surface area (Å²) in [5, 5.41) is 0. The molecule has 1 saturated heterocycles. The molecule has 0 radical (unpaired) electrons. The first-order valence-corrected chi connectivity index (χ1v) is 11.9. The second-order valence-corrected chi connectivity index (χ2v) is 9.73. The highest BCUT2D eigenvalue weighted by Crippen LogP contribution is 2.33. The summed E-state index contributed by atoms with van der Waals surface area (Å²) >= 11 is 0. The van der Waals surface area contributed by atoms with Crippen molar-refractivity contribution in [1.29, 1.82) is 0 Å². The van der Waals surface area contributed by atoms with Crippen LogP contribution in [0.2, 0.25) is 0 Å². The SMILES string of the molecule is COc1ccc(C(=O)N2CCCCC[C@H]2c2cccn2C)cc1S(=O)(=O)NC(C)C. The van der Waals surface area contributed by atoms with E-state index in [0.29, 0.717) is 12.1 Å². The number of hydrogen-bond donors (Lipinski definition) is 1. The molecule has 0 saturated carbocycles. The zero-order valence-electron chi connectivity index (χ0n) is 18.1. The van der Waals surface area contributed by atoms with Gasteiger partial charge in [0.1, 0.15) is 10.6 Å². The molecule has 1 N–H and O–H groups in total. The highest BCUT2D eigenvalue weighted by molar-refractivity contribution is 7.89. The van der Waals surface area contributed by atoms with Gasteiger partial charge >= 0.3 is 0 Å². The fourth-order valence-corrected chi connectivity index (χ4v) is 5.48. The minimum absolute atomic E-state index is 0.0187. The molecule has 1 fully saturated rings. The molecule has 2 heterocycles. The number of amides is 1. The van der Waals surface area contributed by atoms with Gasteiger partial charge in [0.25, 0.3) is 5.91 Å². The van der Waals surface area contributed by atoms with E-state index in [1.807, 2.05) is 34.8 Å². The van der Waals surface area contributed by atoms with Crippen molar-refractivity contribution in [3.63, 3.8) is 0 Å². The van der Waals surface area contributed by atoms with E-state index >= 15 is 0 Å². The van der Waals surface area contributed by atoms with E-state index in [-0.39, 0.29) is 28.6 Å². The van der Waals surface area contributed by atoms with Crippen molar-refractivity contribution >= 4 is 15.9 Å². The van der Waals surface area contributed by atoms with Gasteiger partial charge in [-0.3, -0.25) is 4.79 Å².